The van der Waals surface area contributed by atoms with Gasteiger partial charge >= 0.3 is 0 Å². The fourth-order valence-corrected chi connectivity index (χ4v) is 2.83. The van der Waals surface area contributed by atoms with Crippen molar-refractivity contribution in [3.8, 4) is 11.4 Å². The second-order valence-electron chi connectivity index (χ2n) is 6.07. The molecule has 0 saturated carbocycles. The van der Waals surface area contributed by atoms with E-state index >= 15 is 0 Å². The molecule has 1 N–H and O–H groups in total. The standard InChI is InChI=1S/C20H18N6O/c27-20(17-12-23-19(24-13-17)16-6-3-8-21-11-16)22-9-4-10-26-18-7-2-1-5-15(18)14-25-26/h1-3,5-8,11-14H,4,9-10H2,(H,22,27). The van der Waals surface area contributed by atoms with E-state index in [0.717, 1.165) is 29.4 Å². The van der Waals surface area contributed by atoms with Crippen LogP contribution in [0, 0.1) is 0 Å². The minimum Gasteiger partial charge on any atom is -0.352 e. The molecule has 1 amide bonds. The Morgan fingerprint density at radius 3 is 2.67 bits per heavy atom. The van der Waals surface area contributed by atoms with Gasteiger partial charge in [0.05, 0.1) is 17.3 Å². The zero-order valence-corrected chi connectivity index (χ0v) is 14.6. The van der Waals surface area contributed by atoms with E-state index in [-0.39, 0.29) is 5.91 Å². The summed E-state index contributed by atoms with van der Waals surface area (Å²) in [5.74, 6) is 0.364. The van der Waals surface area contributed by atoms with Gasteiger partial charge in [-0.25, -0.2) is 9.97 Å². The fraction of sp³-hybridized carbons (Fsp3) is 0.150. The summed E-state index contributed by atoms with van der Waals surface area (Å²) in [5.41, 5.74) is 2.35. The Hall–Kier alpha value is -3.61. The predicted octanol–water partition coefficient (Wildman–Crippen LogP) is 2.71. The molecule has 0 atom stereocenters. The van der Waals surface area contributed by atoms with Crippen LogP contribution in [0.5, 0.6) is 0 Å². The number of carbonyl (C=O) groups is 1. The number of hydrogen-bond acceptors (Lipinski definition) is 5. The molecule has 7 nitrogen and oxygen atoms in total. The number of pyridine rings is 1. The number of rotatable bonds is 6. The first-order valence-electron chi connectivity index (χ1n) is 8.72. The molecule has 134 valence electrons. The predicted molar refractivity (Wildman–Crippen MR) is 102 cm³/mol. The number of amides is 1. The van der Waals surface area contributed by atoms with Crippen LogP contribution < -0.4 is 5.32 Å². The lowest BCUT2D eigenvalue weighted by Crippen LogP contribution is -2.25. The van der Waals surface area contributed by atoms with Crippen molar-refractivity contribution in [2.75, 3.05) is 6.54 Å². The van der Waals surface area contributed by atoms with Crippen molar-refractivity contribution in [2.45, 2.75) is 13.0 Å². The molecule has 7 heteroatoms. The van der Waals surface area contributed by atoms with E-state index in [9.17, 15) is 4.79 Å². The van der Waals surface area contributed by atoms with Crippen LogP contribution in [0.1, 0.15) is 16.8 Å². The van der Waals surface area contributed by atoms with Gasteiger partial charge in [0.15, 0.2) is 5.82 Å². The van der Waals surface area contributed by atoms with Crippen LogP contribution in [0.15, 0.2) is 67.4 Å². The third-order valence-corrected chi connectivity index (χ3v) is 4.22. The quantitative estimate of drug-likeness (QED) is 0.536. The molecule has 0 aliphatic heterocycles. The van der Waals surface area contributed by atoms with Gasteiger partial charge in [-0.05, 0) is 24.6 Å². The minimum atomic E-state index is -0.182. The second-order valence-corrected chi connectivity index (χ2v) is 6.07. The Morgan fingerprint density at radius 1 is 1.00 bits per heavy atom. The van der Waals surface area contributed by atoms with E-state index < -0.39 is 0 Å². The number of fused-ring (bicyclic) bond motifs is 1. The maximum Gasteiger partial charge on any atom is 0.254 e. The Bertz CT molecular complexity index is 1040. The molecule has 4 aromatic rings. The van der Waals surface area contributed by atoms with Gasteiger partial charge in [0.1, 0.15) is 0 Å². The molecule has 1 aromatic carbocycles. The summed E-state index contributed by atoms with van der Waals surface area (Å²) < 4.78 is 1.95. The first-order valence-corrected chi connectivity index (χ1v) is 8.72. The molecule has 0 unspecified atom stereocenters. The Labute approximate surface area is 156 Å². The highest BCUT2D eigenvalue weighted by molar-refractivity contribution is 5.93. The highest BCUT2D eigenvalue weighted by Crippen LogP contribution is 2.13. The Morgan fingerprint density at radius 2 is 1.85 bits per heavy atom. The molecule has 0 fully saturated rings. The monoisotopic (exact) mass is 358 g/mol. The van der Waals surface area contributed by atoms with E-state index in [0.29, 0.717) is 17.9 Å². The number of aromatic nitrogens is 5. The summed E-state index contributed by atoms with van der Waals surface area (Å²) in [4.78, 5) is 24.8. The van der Waals surface area contributed by atoms with Crippen molar-refractivity contribution < 1.29 is 4.79 Å². The van der Waals surface area contributed by atoms with Gasteiger partial charge in [0, 0.05) is 48.8 Å². The molecule has 4 rings (SSSR count). The fourth-order valence-electron chi connectivity index (χ4n) is 2.83. The summed E-state index contributed by atoms with van der Waals surface area (Å²) in [6, 6.07) is 11.8. The molecule has 0 aliphatic carbocycles. The molecule has 0 saturated heterocycles. The lowest BCUT2D eigenvalue weighted by atomic mass is 10.2. The SMILES string of the molecule is O=C(NCCCn1ncc2ccccc21)c1cnc(-c2cccnc2)nc1. The Kier molecular flexibility index (Phi) is 4.82. The van der Waals surface area contributed by atoms with Gasteiger partial charge in [-0.1, -0.05) is 18.2 Å². The molecular formula is C20H18N6O. The zero-order valence-electron chi connectivity index (χ0n) is 14.6. The summed E-state index contributed by atoms with van der Waals surface area (Å²) in [7, 11) is 0. The molecule has 3 aromatic heterocycles. The first-order chi connectivity index (χ1) is 13.3. The lowest BCUT2D eigenvalue weighted by Gasteiger charge is -2.06. The number of nitrogens with one attached hydrogen (secondary N) is 1. The third kappa shape index (κ3) is 3.82. The number of aryl methyl sites for hydroxylation is 1. The van der Waals surface area contributed by atoms with Crippen LogP contribution in [-0.2, 0) is 6.54 Å². The second kappa shape index (κ2) is 7.74. The smallest absolute Gasteiger partial charge is 0.254 e. The van der Waals surface area contributed by atoms with Crippen LogP contribution in [-0.4, -0.2) is 37.2 Å². The molecule has 3 heterocycles. The normalized spacial score (nSPS) is 10.8. The average molecular weight is 358 g/mol. The van der Waals surface area contributed by atoms with Crippen LogP contribution in [0.3, 0.4) is 0 Å². The van der Waals surface area contributed by atoms with Crippen LogP contribution in [0.4, 0.5) is 0 Å². The summed E-state index contributed by atoms with van der Waals surface area (Å²) >= 11 is 0. The van der Waals surface area contributed by atoms with Gasteiger partial charge in [-0.15, -0.1) is 0 Å². The average Bonchev–Trinajstić information content (AvgIpc) is 3.15. The Balaban J connectivity index is 1.30. The number of benzene rings is 1. The van der Waals surface area contributed by atoms with Gasteiger partial charge < -0.3 is 5.32 Å². The van der Waals surface area contributed by atoms with Gasteiger partial charge in [-0.2, -0.15) is 5.10 Å². The van der Waals surface area contributed by atoms with E-state index in [1.807, 2.05) is 47.3 Å². The van der Waals surface area contributed by atoms with Crippen molar-refractivity contribution in [1.29, 1.82) is 0 Å². The minimum absolute atomic E-state index is 0.182. The zero-order chi connectivity index (χ0) is 18.5. The summed E-state index contributed by atoms with van der Waals surface area (Å²) in [6.07, 6.45) is 9.09. The molecular weight excluding hydrogens is 340 g/mol. The van der Waals surface area contributed by atoms with E-state index in [2.05, 4.69) is 25.4 Å². The largest absolute Gasteiger partial charge is 0.352 e. The number of carbonyl (C=O) groups excluding carboxylic acids is 1. The van der Waals surface area contributed by atoms with E-state index in [4.69, 9.17) is 0 Å². The molecule has 0 aliphatic rings. The number of para-hydroxylation sites is 1. The third-order valence-electron chi connectivity index (χ3n) is 4.22. The maximum absolute atomic E-state index is 12.2. The maximum atomic E-state index is 12.2. The van der Waals surface area contributed by atoms with E-state index in [1.165, 1.54) is 12.4 Å². The van der Waals surface area contributed by atoms with Crippen molar-refractivity contribution >= 4 is 16.8 Å². The number of hydrogen-bond donors (Lipinski definition) is 1. The molecule has 0 radical (unpaired) electrons. The highest BCUT2D eigenvalue weighted by atomic mass is 16.1. The van der Waals surface area contributed by atoms with Gasteiger partial charge in [0.2, 0.25) is 0 Å². The lowest BCUT2D eigenvalue weighted by molar-refractivity contribution is 0.0952. The summed E-state index contributed by atoms with van der Waals surface area (Å²) in [5, 5.41) is 8.40. The highest BCUT2D eigenvalue weighted by Gasteiger charge is 2.08. The molecule has 27 heavy (non-hydrogen) atoms. The topological polar surface area (TPSA) is 85.6 Å². The van der Waals surface area contributed by atoms with Crippen LogP contribution in [0.2, 0.25) is 0 Å². The van der Waals surface area contributed by atoms with Crippen LogP contribution >= 0.6 is 0 Å². The molecule has 0 bridgehead atoms. The van der Waals surface area contributed by atoms with Crippen molar-refractivity contribution in [3.05, 3.63) is 72.9 Å². The van der Waals surface area contributed by atoms with Crippen LogP contribution in [0.25, 0.3) is 22.3 Å². The van der Waals surface area contributed by atoms with Crippen molar-refractivity contribution in [1.82, 2.24) is 30.0 Å². The first kappa shape index (κ1) is 16.8. The van der Waals surface area contributed by atoms with E-state index in [1.54, 1.807) is 12.4 Å². The van der Waals surface area contributed by atoms with Gasteiger partial charge in [-0.3, -0.25) is 14.5 Å². The van der Waals surface area contributed by atoms with Crippen molar-refractivity contribution in [2.24, 2.45) is 0 Å². The van der Waals surface area contributed by atoms with Crippen molar-refractivity contribution in [3.63, 3.8) is 0 Å². The van der Waals surface area contributed by atoms with Gasteiger partial charge in [0.25, 0.3) is 5.91 Å². The number of nitrogens with zero attached hydrogens (tertiary/aromatic N) is 5. The molecule has 0 spiro atoms. The summed E-state index contributed by atoms with van der Waals surface area (Å²) in [6.45, 7) is 1.29.